The summed E-state index contributed by atoms with van der Waals surface area (Å²) in [5.41, 5.74) is 0. The van der Waals surface area contributed by atoms with Crippen molar-refractivity contribution in [2.45, 2.75) is 19.8 Å². The van der Waals surface area contributed by atoms with Gasteiger partial charge in [-0.3, -0.25) is 0 Å². The Balaban J connectivity index is 2.37. The van der Waals surface area contributed by atoms with E-state index in [-0.39, 0.29) is 5.28 Å². The molecule has 12 heavy (non-hydrogen) atoms. The first-order valence-corrected chi connectivity index (χ1v) is 4.17. The highest BCUT2D eigenvalue weighted by molar-refractivity contribution is 6.28. The summed E-state index contributed by atoms with van der Waals surface area (Å²) in [5.74, 6) is 0.424. The Bertz CT molecular complexity index is 224. The molecule has 0 unspecified atom stereocenters. The molecule has 0 aliphatic carbocycles. The van der Waals surface area contributed by atoms with Crippen LogP contribution in [0.15, 0.2) is 0 Å². The van der Waals surface area contributed by atoms with Crippen molar-refractivity contribution in [1.82, 2.24) is 20.4 Å². The number of nitrogens with one attached hydrogen (secondary N) is 1. The van der Waals surface area contributed by atoms with E-state index in [1.165, 1.54) is 0 Å². The third-order valence-corrected chi connectivity index (χ3v) is 1.42. The Morgan fingerprint density at radius 2 is 1.92 bits per heavy atom. The van der Waals surface area contributed by atoms with Gasteiger partial charge in [-0.25, -0.2) is 0 Å². The molecule has 6 heteroatoms. The number of nitrogens with zero attached hydrogens (tertiary/aromatic N) is 4. The van der Waals surface area contributed by atoms with Gasteiger partial charge in [0.25, 0.3) is 11.2 Å². The first kappa shape index (κ1) is 9.12. The van der Waals surface area contributed by atoms with Gasteiger partial charge in [0.2, 0.25) is 0 Å². The molecule has 0 amide bonds. The van der Waals surface area contributed by atoms with Crippen LogP contribution in [-0.2, 0) is 0 Å². The van der Waals surface area contributed by atoms with E-state index in [1.807, 2.05) is 0 Å². The molecule has 5 nitrogen and oxygen atoms in total. The van der Waals surface area contributed by atoms with Crippen molar-refractivity contribution in [3.8, 4) is 0 Å². The van der Waals surface area contributed by atoms with Crippen LogP contribution in [-0.4, -0.2) is 26.9 Å². The quantitative estimate of drug-likeness (QED) is 0.716. The maximum absolute atomic E-state index is 5.40. The lowest BCUT2D eigenvalue weighted by atomic mass is 10.3. The van der Waals surface area contributed by atoms with E-state index in [0.29, 0.717) is 5.95 Å². The van der Waals surface area contributed by atoms with Crippen molar-refractivity contribution < 1.29 is 0 Å². The molecule has 66 valence electrons. The molecular weight excluding hydrogens is 178 g/mol. The van der Waals surface area contributed by atoms with E-state index in [1.54, 1.807) is 0 Å². The van der Waals surface area contributed by atoms with Crippen molar-refractivity contribution in [3.05, 3.63) is 5.28 Å². The second-order valence-electron chi connectivity index (χ2n) is 2.27. The summed E-state index contributed by atoms with van der Waals surface area (Å²) in [6.45, 7) is 2.95. The predicted molar refractivity (Wildman–Crippen MR) is 46.0 cm³/mol. The Morgan fingerprint density at radius 1 is 1.25 bits per heavy atom. The number of anilines is 1. The van der Waals surface area contributed by atoms with Gasteiger partial charge in [0, 0.05) is 6.54 Å². The number of aromatic nitrogens is 4. The van der Waals surface area contributed by atoms with Crippen LogP contribution >= 0.6 is 11.6 Å². The van der Waals surface area contributed by atoms with E-state index >= 15 is 0 Å². The molecule has 0 spiro atoms. The highest BCUT2D eigenvalue weighted by Crippen LogP contribution is 1.97. The van der Waals surface area contributed by atoms with Crippen LogP contribution in [0.2, 0.25) is 5.28 Å². The zero-order valence-electron chi connectivity index (χ0n) is 6.79. The first-order valence-electron chi connectivity index (χ1n) is 3.79. The predicted octanol–water partition coefficient (Wildman–Crippen LogP) is 1.13. The first-order chi connectivity index (χ1) is 5.83. The van der Waals surface area contributed by atoms with E-state index in [0.717, 1.165) is 19.4 Å². The van der Waals surface area contributed by atoms with Crippen LogP contribution < -0.4 is 5.32 Å². The summed E-state index contributed by atoms with van der Waals surface area (Å²) >= 11 is 5.40. The average molecular weight is 188 g/mol. The van der Waals surface area contributed by atoms with Gasteiger partial charge in [-0.1, -0.05) is 13.3 Å². The van der Waals surface area contributed by atoms with E-state index < -0.39 is 0 Å². The summed E-state index contributed by atoms with van der Waals surface area (Å²) in [6.07, 6.45) is 2.20. The molecule has 0 saturated heterocycles. The number of rotatable bonds is 4. The highest BCUT2D eigenvalue weighted by atomic mass is 35.5. The normalized spacial score (nSPS) is 9.83. The smallest absolute Gasteiger partial charge is 0.263 e. The summed E-state index contributed by atoms with van der Waals surface area (Å²) in [4.78, 5) is 0. The lowest BCUT2D eigenvalue weighted by molar-refractivity contribution is 0.799. The van der Waals surface area contributed by atoms with Crippen LogP contribution in [0, 0.1) is 0 Å². The second kappa shape index (κ2) is 4.82. The van der Waals surface area contributed by atoms with Gasteiger partial charge >= 0.3 is 0 Å². The van der Waals surface area contributed by atoms with Gasteiger partial charge in [0.05, 0.1) is 0 Å². The fourth-order valence-corrected chi connectivity index (χ4v) is 0.741. The van der Waals surface area contributed by atoms with Crippen molar-refractivity contribution in [2.24, 2.45) is 0 Å². The number of unbranched alkanes of at least 4 members (excludes halogenated alkanes) is 1. The lowest BCUT2D eigenvalue weighted by Crippen LogP contribution is -2.07. The molecular formula is C6H10ClN5. The topological polar surface area (TPSA) is 63.6 Å². The summed E-state index contributed by atoms with van der Waals surface area (Å²) in [5, 5.41) is 17.5. The third-order valence-electron chi connectivity index (χ3n) is 1.27. The third kappa shape index (κ3) is 2.96. The summed E-state index contributed by atoms with van der Waals surface area (Å²) < 4.78 is 0. The van der Waals surface area contributed by atoms with E-state index in [4.69, 9.17) is 11.6 Å². The standard InChI is InChI=1S/C6H10ClN5/c1-2-3-4-8-6-11-9-5(7)10-12-6/h2-4H2,1H3,(H,8,11,12). The average Bonchev–Trinajstić information content (AvgIpc) is 2.09. The molecule has 1 aromatic heterocycles. The maximum atomic E-state index is 5.40. The number of hydrogen-bond donors (Lipinski definition) is 1. The van der Waals surface area contributed by atoms with Crippen LogP contribution in [0.5, 0.6) is 0 Å². The van der Waals surface area contributed by atoms with Gasteiger partial charge in [-0.2, -0.15) is 0 Å². The second-order valence-corrected chi connectivity index (χ2v) is 2.61. The molecule has 0 fully saturated rings. The Kier molecular flexibility index (Phi) is 3.66. The van der Waals surface area contributed by atoms with Gasteiger partial charge < -0.3 is 5.32 Å². The molecule has 0 saturated carbocycles. The Morgan fingerprint density at radius 3 is 2.50 bits per heavy atom. The fourth-order valence-electron chi connectivity index (χ4n) is 0.665. The summed E-state index contributed by atoms with van der Waals surface area (Å²) in [7, 11) is 0. The van der Waals surface area contributed by atoms with Gasteiger partial charge in [-0.15, -0.1) is 20.4 Å². The largest absolute Gasteiger partial charge is 0.352 e. The zero-order chi connectivity index (χ0) is 8.81. The van der Waals surface area contributed by atoms with Crippen LogP contribution in [0.25, 0.3) is 0 Å². The highest BCUT2D eigenvalue weighted by Gasteiger charge is 1.96. The monoisotopic (exact) mass is 187 g/mol. The SMILES string of the molecule is CCCCNc1nnc(Cl)nn1. The van der Waals surface area contributed by atoms with Crippen molar-refractivity contribution >= 4 is 17.5 Å². The number of hydrogen-bond acceptors (Lipinski definition) is 5. The molecule has 1 rings (SSSR count). The molecule has 0 aliphatic rings. The molecule has 1 heterocycles. The molecule has 0 radical (unpaired) electrons. The van der Waals surface area contributed by atoms with Crippen LogP contribution in [0.4, 0.5) is 5.95 Å². The van der Waals surface area contributed by atoms with E-state index in [9.17, 15) is 0 Å². The lowest BCUT2D eigenvalue weighted by Gasteiger charge is -1.99. The van der Waals surface area contributed by atoms with Crippen molar-refractivity contribution in [3.63, 3.8) is 0 Å². The maximum Gasteiger partial charge on any atom is 0.263 e. The Labute approximate surface area is 75.6 Å². The number of halogens is 1. The molecule has 0 aromatic carbocycles. The Hall–Kier alpha value is -0.970. The molecule has 0 bridgehead atoms. The van der Waals surface area contributed by atoms with Gasteiger partial charge in [0.1, 0.15) is 0 Å². The van der Waals surface area contributed by atoms with Crippen LogP contribution in [0.3, 0.4) is 0 Å². The molecule has 1 N–H and O–H groups in total. The molecule has 0 atom stereocenters. The minimum Gasteiger partial charge on any atom is -0.352 e. The minimum atomic E-state index is 0.0658. The van der Waals surface area contributed by atoms with Crippen molar-refractivity contribution in [1.29, 1.82) is 0 Å². The summed E-state index contributed by atoms with van der Waals surface area (Å²) in [6, 6.07) is 0. The minimum absolute atomic E-state index is 0.0658. The van der Waals surface area contributed by atoms with Gasteiger partial charge in [0.15, 0.2) is 0 Å². The van der Waals surface area contributed by atoms with E-state index in [2.05, 4.69) is 32.6 Å². The fraction of sp³-hybridized carbons (Fsp3) is 0.667. The van der Waals surface area contributed by atoms with Crippen LogP contribution in [0.1, 0.15) is 19.8 Å². The molecule has 1 aromatic rings. The van der Waals surface area contributed by atoms with Gasteiger partial charge in [-0.05, 0) is 18.0 Å². The van der Waals surface area contributed by atoms with Crippen molar-refractivity contribution in [2.75, 3.05) is 11.9 Å². The zero-order valence-corrected chi connectivity index (χ0v) is 7.54. The molecule has 0 aliphatic heterocycles.